The summed E-state index contributed by atoms with van der Waals surface area (Å²) in [5.41, 5.74) is -0.205. The van der Waals surface area contributed by atoms with E-state index >= 15 is 0 Å². The Morgan fingerprint density at radius 2 is 2.29 bits per heavy atom. The van der Waals surface area contributed by atoms with E-state index in [4.69, 9.17) is 0 Å². The number of esters is 1. The zero-order chi connectivity index (χ0) is 12.8. The van der Waals surface area contributed by atoms with Gasteiger partial charge in [0.15, 0.2) is 5.75 Å². The number of hydrogen-bond donors (Lipinski definition) is 1. The number of hydrogen-bond acceptors (Lipinski definition) is 5. The van der Waals surface area contributed by atoms with Crippen LogP contribution in [-0.4, -0.2) is 22.6 Å². The maximum absolute atomic E-state index is 10.9. The molecule has 88 valence electrons. The minimum absolute atomic E-state index is 0.212. The Kier molecular flexibility index (Phi) is 4.06. The van der Waals surface area contributed by atoms with Gasteiger partial charge in [0.2, 0.25) is 0 Å². The summed E-state index contributed by atoms with van der Waals surface area (Å²) in [7, 11) is 0. The molecule has 0 saturated carbocycles. The first kappa shape index (κ1) is 12.5. The SMILES string of the molecule is CCOC(=O)C#Cc1ccc(O)c([N+](=O)[O-])c1. The average Bonchev–Trinajstić information content (AvgIpc) is 2.28. The molecule has 0 heterocycles. The van der Waals surface area contributed by atoms with Gasteiger partial charge in [-0.25, -0.2) is 4.79 Å². The van der Waals surface area contributed by atoms with E-state index in [1.165, 1.54) is 6.07 Å². The van der Waals surface area contributed by atoms with Crippen LogP contribution in [0, 0.1) is 22.0 Å². The predicted octanol–water partition coefficient (Wildman–Crippen LogP) is 1.22. The van der Waals surface area contributed by atoms with E-state index in [9.17, 15) is 20.0 Å². The Hall–Kier alpha value is -2.55. The number of phenols is 1. The van der Waals surface area contributed by atoms with E-state index in [-0.39, 0.29) is 12.2 Å². The molecular weight excluding hydrogens is 226 g/mol. The van der Waals surface area contributed by atoms with Crippen molar-refractivity contribution in [1.29, 1.82) is 0 Å². The Morgan fingerprint density at radius 3 is 2.88 bits per heavy atom. The monoisotopic (exact) mass is 235 g/mol. The molecule has 0 amide bonds. The van der Waals surface area contributed by atoms with Crippen molar-refractivity contribution in [2.24, 2.45) is 0 Å². The summed E-state index contributed by atoms with van der Waals surface area (Å²) in [6, 6.07) is 3.60. The first-order valence-corrected chi connectivity index (χ1v) is 4.70. The Balaban J connectivity index is 2.97. The first-order valence-electron chi connectivity index (χ1n) is 4.70. The summed E-state index contributed by atoms with van der Waals surface area (Å²) in [5.74, 6) is 3.43. The van der Waals surface area contributed by atoms with E-state index in [0.29, 0.717) is 0 Å². The van der Waals surface area contributed by atoms with Crippen LogP contribution in [-0.2, 0) is 9.53 Å². The highest BCUT2D eigenvalue weighted by atomic mass is 16.6. The van der Waals surface area contributed by atoms with Gasteiger partial charge in [-0.05, 0) is 19.1 Å². The summed E-state index contributed by atoms with van der Waals surface area (Å²) < 4.78 is 4.57. The largest absolute Gasteiger partial charge is 0.502 e. The number of nitrogens with zero attached hydrogens (tertiary/aromatic N) is 1. The van der Waals surface area contributed by atoms with Gasteiger partial charge in [0.25, 0.3) is 0 Å². The Bertz CT molecular complexity index is 512. The van der Waals surface area contributed by atoms with E-state index < -0.39 is 22.3 Å². The van der Waals surface area contributed by atoms with Crippen molar-refractivity contribution >= 4 is 11.7 Å². The minimum Gasteiger partial charge on any atom is -0.502 e. The normalized spacial score (nSPS) is 9.00. The van der Waals surface area contributed by atoms with Crippen LogP contribution in [0.4, 0.5) is 5.69 Å². The molecule has 0 bridgehead atoms. The summed E-state index contributed by atoms with van der Waals surface area (Å²) in [6.45, 7) is 1.86. The molecular formula is C11H9NO5. The molecule has 1 N–H and O–H groups in total. The fraction of sp³-hybridized carbons (Fsp3) is 0.182. The fourth-order valence-corrected chi connectivity index (χ4v) is 1.04. The smallest absolute Gasteiger partial charge is 0.384 e. The molecule has 6 heteroatoms. The number of rotatable bonds is 2. The number of phenolic OH excluding ortho intramolecular Hbond substituents is 1. The van der Waals surface area contributed by atoms with Crippen molar-refractivity contribution in [2.75, 3.05) is 6.61 Å². The summed E-state index contributed by atoms with van der Waals surface area (Å²) in [5, 5.41) is 19.7. The van der Waals surface area contributed by atoms with Crippen molar-refractivity contribution in [2.45, 2.75) is 6.92 Å². The number of benzene rings is 1. The fourth-order valence-electron chi connectivity index (χ4n) is 1.04. The Labute approximate surface area is 97.0 Å². The maximum atomic E-state index is 10.9. The number of carbonyl (C=O) groups is 1. The van der Waals surface area contributed by atoms with Gasteiger partial charge in [-0.2, -0.15) is 0 Å². The highest BCUT2D eigenvalue weighted by molar-refractivity contribution is 5.89. The minimum atomic E-state index is -0.731. The van der Waals surface area contributed by atoms with Crippen LogP contribution < -0.4 is 0 Å². The van der Waals surface area contributed by atoms with Crippen LogP contribution in [0.25, 0.3) is 0 Å². The van der Waals surface area contributed by atoms with Gasteiger partial charge in [0, 0.05) is 17.6 Å². The molecule has 1 aromatic carbocycles. The molecule has 0 aliphatic heterocycles. The van der Waals surface area contributed by atoms with E-state index in [1.54, 1.807) is 6.92 Å². The van der Waals surface area contributed by atoms with E-state index in [0.717, 1.165) is 12.1 Å². The number of nitro benzene ring substituents is 1. The zero-order valence-electron chi connectivity index (χ0n) is 8.97. The van der Waals surface area contributed by atoms with Crippen molar-refractivity contribution in [3.8, 4) is 17.6 Å². The highest BCUT2D eigenvalue weighted by Gasteiger charge is 2.12. The zero-order valence-corrected chi connectivity index (χ0v) is 8.97. The molecule has 1 aromatic rings. The lowest BCUT2D eigenvalue weighted by Gasteiger charge is -1.96. The molecule has 0 aliphatic rings. The van der Waals surface area contributed by atoms with Gasteiger partial charge in [-0.15, -0.1) is 0 Å². The van der Waals surface area contributed by atoms with Crippen molar-refractivity contribution < 1.29 is 19.6 Å². The molecule has 0 radical (unpaired) electrons. The molecule has 0 aliphatic carbocycles. The second-order valence-corrected chi connectivity index (χ2v) is 2.93. The number of aromatic hydroxyl groups is 1. The van der Waals surface area contributed by atoms with Crippen LogP contribution in [0.15, 0.2) is 18.2 Å². The molecule has 0 fully saturated rings. The average molecular weight is 235 g/mol. The van der Waals surface area contributed by atoms with Gasteiger partial charge in [0.05, 0.1) is 11.5 Å². The lowest BCUT2D eigenvalue weighted by Crippen LogP contribution is -1.99. The van der Waals surface area contributed by atoms with Gasteiger partial charge in [-0.3, -0.25) is 10.1 Å². The van der Waals surface area contributed by atoms with Crippen LogP contribution in [0.3, 0.4) is 0 Å². The van der Waals surface area contributed by atoms with Crippen LogP contribution >= 0.6 is 0 Å². The van der Waals surface area contributed by atoms with Crippen LogP contribution in [0.1, 0.15) is 12.5 Å². The predicted molar refractivity (Wildman–Crippen MR) is 58.3 cm³/mol. The summed E-state index contributed by atoms with van der Waals surface area (Å²) >= 11 is 0. The maximum Gasteiger partial charge on any atom is 0.384 e. The van der Waals surface area contributed by atoms with Gasteiger partial charge in [0.1, 0.15) is 0 Å². The third-order valence-corrected chi connectivity index (χ3v) is 1.76. The Morgan fingerprint density at radius 1 is 1.59 bits per heavy atom. The third-order valence-electron chi connectivity index (χ3n) is 1.76. The second-order valence-electron chi connectivity index (χ2n) is 2.93. The molecule has 0 aromatic heterocycles. The molecule has 17 heavy (non-hydrogen) atoms. The lowest BCUT2D eigenvalue weighted by molar-refractivity contribution is -0.385. The van der Waals surface area contributed by atoms with Gasteiger partial charge < -0.3 is 9.84 Å². The quantitative estimate of drug-likeness (QED) is 0.360. The summed E-state index contributed by atoms with van der Waals surface area (Å²) in [4.78, 5) is 20.7. The third kappa shape index (κ3) is 3.50. The highest BCUT2D eigenvalue weighted by Crippen LogP contribution is 2.25. The number of carbonyl (C=O) groups excluding carboxylic acids is 1. The van der Waals surface area contributed by atoms with Crippen molar-refractivity contribution in [3.63, 3.8) is 0 Å². The molecule has 0 unspecified atom stereocenters. The molecule has 1 rings (SSSR count). The molecule has 0 atom stereocenters. The van der Waals surface area contributed by atoms with Crippen LogP contribution in [0.5, 0.6) is 5.75 Å². The lowest BCUT2D eigenvalue weighted by atomic mass is 10.2. The summed E-state index contributed by atoms with van der Waals surface area (Å²) in [6.07, 6.45) is 0. The van der Waals surface area contributed by atoms with Crippen LogP contribution in [0.2, 0.25) is 0 Å². The molecule has 0 saturated heterocycles. The topological polar surface area (TPSA) is 89.7 Å². The number of ether oxygens (including phenoxy) is 1. The van der Waals surface area contributed by atoms with Crippen molar-refractivity contribution in [3.05, 3.63) is 33.9 Å². The van der Waals surface area contributed by atoms with E-state index in [1.807, 2.05) is 0 Å². The first-order chi connectivity index (χ1) is 8.04. The van der Waals surface area contributed by atoms with Gasteiger partial charge >= 0.3 is 11.7 Å². The standard InChI is InChI=1S/C11H9NO5/c1-2-17-11(14)6-4-8-3-5-10(13)9(7-8)12(15)16/h3,5,7,13H,2H2,1H3. The van der Waals surface area contributed by atoms with Gasteiger partial charge in [-0.1, -0.05) is 5.92 Å². The van der Waals surface area contributed by atoms with Crippen molar-refractivity contribution in [1.82, 2.24) is 0 Å². The van der Waals surface area contributed by atoms with E-state index in [2.05, 4.69) is 16.6 Å². The molecule has 0 spiro atoms. The second kappa shape index (κ2) is 5.51. The molecule has 6 nitrogen and oxygen atoms in total. The number of nitro groups is 1.